The Hall–Kier alpha value is -4.26. The largest absolute Gasteiger partial charge is 0.395 e. The SMILES string of the molecule is CN(CCO)c1ccc(/C=C/c2ccnc(-c3cc(/C=C/c4ccc(N(C)CCO)cc4)cc[nH+]3)c2)cc1. The van der Waals surface area contributed by atoms with Crippen molar-refractivity contribution in [1.82, 2.24) is 4.98 Å². The number of likely N-dealkylation sites (N-methyl/N-ethyl adjacent to an activating group) is 2. The molecule has 0 amide bonds. The molecular weight excluding hydrogens is 472 g/mol. The highest BCUT2D eigenvalue weighted by Crippen LogP contribution is 2.20. The molecule has 0 saturated heterocycles. The van der Waals surface area contributed by atoms with Gasteiger partial charge in [-0.25, -0.2) is 9.97 Å². The van der Waals surface area contributed by atoms with Gasteiger partial charge in [0.1, 0.15) is 5.69 Å². The van der Waals surface area contributed by atoms with E-state index in [9.17, 15) is 0 Å². The first-order valence-electron chi connectivity index (χ1n) is 12.7. The number of nitrogens with one attached hydrogen (secondary N) is 1. The third kappa shape index (κ3) is 7.38. The normalized spacial score (nSPS) is 11.4. The first kappa shape index (κ1) is 26.8. The molecule has 0 aliphatic heterocycles. The zero-order valence-corrected chi connectivity index (χ0v) is 22.0. The molecule has 0 aliphatic carbocycles. The molecule has 3 N–H and O–H groups in total. The van der Waals surface area contributed by atoms with E-state index in [-0.39, 0.29) is 13.2 Å². The number of anilines is 2. The number of nitrogens with zero attached hydrogens (tertiary/aromatic N) is 3. The molecule has 0 spiro atoms. The summed E-state index contributed by atoms with van der Waals surface area (Å²) in [5.41, 5.74) is 8.34. The lowest BCUT2D eigenvalue weighted by molar-refractivity contribution is -0.364. The second-order valence-electron chi connectivity index (χ2n) is 9.15. The summed E-state index contributed by atoms with van der Waals surface area (Å²) in [6.45, 7) is 1.50. The number of pyridine rings is 2. The minimum Gasteiger partial charge on any atom is -0.395 e. The van der Waals surface area contributed by atoms with Gasteiger partial charge in [-0.15, -0.1) is 0 Å². The van der Waals surface area contributed by atoms with E-state index in [1.807, 2.05) is 48.4 Å². The number of aromatic nitrogens is 2. The zero-order valence-electron chi connectivity index (χ0n) is 22.0. The van der Waals surface area contributed by atoms with Crippen LogP contribution in [0.1, 0.15) is 22.3 Å². The number of aliphatic hydroxyl groups excluding tert-OH is 2. The zero-order chi connectivity index (χ0) is 26.7. The van der Waals surface area contributed by atoms with Crippen molar-refractivity contribution in [3.63, 3.8) is 0 Å². The summed E-state index contributed by atoms with van der Waals surface area (Å²) >= 11 is 0. The molecule has 6 heteroatoms. The Bertz CT molecular complexity index is 1260. The smallest absolute Gasteiger partial charge is 0.230 e. The molecular formula is C32H35N4O2+. The number of hydrogen-bond acceptors (Lipinski definition) is 5. The number of benzene rings is 2. The van der Waals surface area contributed by atoms with E-state index in [1.54, 1.807) is 0 Å². The van der Waals surface area contributed by atoms with Crippen molar-refractivity contribution in [2.45, 2.75) is 0 Å². The van der Waals surface area contributed by atoms with Crippen molar-refractivity contribution in [1.29, 1.82) is 0 Å². The predicted molar refractivity (Wildman–Crippen MR) is 158 cm³/mol. The molecule has 0 unspecified atom stereocenters. The van der Waals surface area contributed by atoms with Gasteiger partial charge in [-0.3, -0.25) is 0 Å². The summed E-state index contributed by atoms with van der Waals surface area (Å²) in [5, 5.41) is 18.2. The van der Waals surface area contributed by atoms with Crippen molar-refractivity contribution in [3.8, 4) is 11.4 Å². The molecule has 2 aromatic heterocycles. The lowest BCUT2D eigenvalue weighted by Crippen LogP contribution is -2.20. The molecule has 6 nitrogen and oxygen atoms in total. The highest BCUT2D eigenvalue weighted by atomic mass is 16.3. The van der Waals surface area contributed by atoms with Gasteiger partial charge in [0.05, 0.1) is 13.2 Å². The summed E-state index contributed by atoms with van der Waals surface area (Å²) < 4.78 is 0. The average Bonchev–Trinajstić information content (AvgIpc) is 2.96. The Morgan fingerprint density at radius 2 is 1.16 bits per heavy atom. The molecule has 194 valence electrons. The highest BCUT2D eigenvalue weighted by molar-refractivity contribution is 5.74. The third-order valence-electron chi connectivity index (χ3n) is 6.36. The van der Waals surface area contributed by atoms with Gasteiger partial charge in [0.25, 0.3) is 0 Å². The van der Waals surface area contributed by atoms with Crippen LogP contribution in [0.4, 0.5) is 11.4 Å². The van der Waals surface area contributed by atoms with Crippen LogP contribution >= 0.6 is 0 Å². The maximum Gasteiger partial charge on any atom is 0.230 e. The second-order valence-corrected chi connectivity index (χ2v) is 9.15. The Balaban J connectivity index is 1.44. The third-order valence-corrected chi connectivity index (χ3v) is 6.36. The molecule has 38 heavy (non-hydrogen) atoms. The second kappa shape index (κ2) is 13.3. The fraction of sp³-hybridized carbons (Fsp3) is 0.188. The van der Waals surface area contributed by atoms with Crippen LogP contribution in [-0.4, -0.2) is 55.6 Å². The minimum atomic E-state index is 0.137. The van der Waals surface area contributed by atoms with E-state index >= 15 is 0 Å². The standard InChI is InChI=1S/C32H34N4O2/c1-35(19-21-37)29-11-7-25(8-12-29)3-5-27-15-17-33-31(23-27)32-24-28(16-18-34-32)6-4-26-9-13-30(14-10-26)36(2)20-22-38/h3-18,23-24,37-38H,19-22H2,1-2H3/p+1/b5-3+,6-4+. The quantitative estimate of drug-likeness (QED) is 0.306. The minimum absolute atomic E-state index is 0.137. The highest BCUT2D eigenvalue weighted by Gasteiger charge is 2.08. The lowest BCUT2D eigenvalue weighted by Gasteiger charge is -2.17. The van der Waals surface area contributed by atoms with Crippen molar-refractivity contribution >= 4 is 35.7 Å². The maximum absolute atomic E-state index is 9.12. The van der Waals surface area contributed by atoms with Crippen LogP contribution in [0.3, 0.4) is 0 Å². The van der Waals surface area contributed by atoms with Crippen LogP contribution in [0.2, 0.25) is 0 Å². The number of aromatic amines is 1. The number of rotatable bonds is 11. The van der Waals surface area contributed by atoms with Crippen LogP contribution < -0.4 is 14.8 Å². The van der Waals surface area contributed by atoms with Crippen LogP contribution in [0.25, 0.3) is 35.7 Å². The van der Waals surface area contributed by atoms with E-state index in [0.717, 1.165) is 45.0 Å². The molecule has 0 saturated carbocycles. The molecule has 0 fully saturated rings. The van der Waals surface area contributed by atoms with Crippen LogP contribution in [-0.2, 0) is 0 Å². The van der Waals surface area contributed by atoms with Crippen molar-refractivity contribution < 1.29 is 15.2 Å². The van der Waals surface area contributed by atoms with Gasteiger partial charge in [-0.1, -0.05) is 48.6 Å². The predicted octanol–water partition coefficient (Wildman–Crippen LogP) is 4.76. The summed E-state index contributed by atoms with van der Waals surface area (Å²) in [6.07, 6.45) is 12.1. The van der Waals surface area contributed by atoms with Gasteiger partial charge in [-0.05, 0) is 58.7 Å². The van der Waals surface area contributed by atoms with E-state index in [2.05, 4.69) is 94.9 Å². The van der Waals surface area contributed by atoms with Crippen LogP contribution in [0.15, 0.2) is 85.2 Å². The van der Waals surface area contributed by atoms with Gasteiger partial charge in [-0.2, -0.15) is 0 Å². The number of hydrogen-bond donors (Lipinski definition) is 2. The van der Waals surface area contributed by atoms with Crippen molar-refractivity contribution in [2.75, 3.05) is 50.2 Å². The molecule has 2 aromatic carbocycles. The molecule has 0 radical (unpaired) electrons. The molecule has 4 aromatic rings. The van der Waals surface area contributed by atoms with Crippen LogP contribution in [0, 0.1) is 0 Å². The maximum atomic E-state index is 9.12. The lowest BCUT2D eigenvalue weighted by atomic mass is 10.1. The summed E-state index contributed by atoms with van der Waals surface area (Å²) in [4.78, 5) is 11.9. The van der Waals surface area contributed by atoms with Gasteiger partial charge in [0, 0.05) is 56.9 Å². The summed E-state index contributed by atoms with van der Waals surface area (Å²) in [7, 11) is 3.94. The fourth-order valence-electron chi connectivity index (χ4n) is 4.06. The van der Waals surface area contributed by atoms with Crippen molar-refractivity contribution in [3.05, 3.63) is 107 Å². The Kier molecular flexibility index (Phi) is 9.40. The van der Waals surface area contributed by atoms with E-state index < -0.39 is 0 Å². The van der Waals surface area contributed by atoms with E-state index in [4.69, 9.17) is 10.2 Å². The van der Waals surface area contributed by atoms with Gasteiger partial charge < -0.3 is 20.0 Å². The Morgan fingerprint density at radius 1 is 0.658 bits per heavy atom. The Labute approximate surface area is 224 Å². The van der Waals surface area contributed by atoms with Crippen LogP contribution in [0.5, 0.6) is 0 Å². The Morgan fingerprint density at radius 3 is 1.68 bits per heavy atom. The summed E-state index contributed by atoms with van der Waals surface area (Å²) in [5.74, 6) is 0. The molecule has 0 bridgehead atoms. The average molecular weight is 508 g/mol. The van der Waals surface area contributed by atoms with Gasteiger partial charge in [0.2, 0.25) is 5.69 Å². The molecule has 2 heterocycles. The summed E-state index contributed by atoms with van der Waals surface area (Å²) in [6, 6.07) is 24.7. The monoisotopic (exact) mass is 507 g/mol. The van der Waals surface area contributed by atoms with Gasteiger partial charge in [0.15, 0.2) is 6.20 Å². The van der Waals surface area contributed by atoms with Gasteiger partial charge >= 0.3 is 0 Å². The van der Waals surface area contributed by atoms with Crippen molar-refractivity contribution in [2.24, 2.45) is 0 Å². The van der Waals surface area contributed by atoms with E-state index in [1.165, 1.54) is 0 Å². The molecule has 0 atom stereocenters. The first-order valence-corrected chi connectivity index (χ1v) is 12.7. The van der Waals surface area contributed by atoms with E-state index in [0.29, 0.717) is 13.1 Å². The molecule has 0 aliphatic rings. The number of H-pyrrole nitrogens is 1. The fourth-order valence-corrected chi connectivity index (χ4v) is 4.06. The number of aliphatic hydroxyl groups is 2. The topological polar surface area (TPSA) is 74.0 Å². The first-order chi connectivity index (χ1) is 18.6. The molecule has 4 rings (SSSR count).